The van der Waals surface area contributed by atoms with Crippen LogP contribution in [0, 0.1) is 0 Å². The van der Waals surface area contributed by atoms with E-state index in [-0.39, 0.29) is 17.9 Å². The molecular weight excluding hydrogens is 459 g/mol. The molecule has 1 fully saturated rings. The molecule has 0 atom stereocenters. The Bertz CT molecular complexity index is 1420. The summed E-state index contributed by atoms with van der Waals surface area (Å²) in [5, 5.41) is 3.71. The van der Waals surface area contributed by atoms with Gasteiger partial charge in [0.25, 0.3) is 11.1 Å². The number of aromatic amines is 1. The van der Waals surface area contributed by atoms with Gasteiger partial charge in [0.05, 0.1) is 31.7 Å². The fourth-order valence-electron chi connectivity index (χ4n) is 3.52. The summed E-state index contributed by atoms with van der Waals surface area (Å²) in [5.74, 6) is 0.304. The molecule has 0 bridgehead atoms. The van der Waals surface area contributed by atoms with Crippen LogP contribution >= 0.6 is 35.0 Å². The molecule has 3 heterocycles. The molecule has 1 aliphatic heterocycles. The number of imide groups is 1. The monoisotopic (exact) mass is 472 g/mol. The van der Waals surface area contributed by atoms with Gasteiger partial charge in [0.15, 0.2) is 5.82 Å². The van der Waals surface area contributed by atoms with Crippen LogP contribution in [0.15, 0.2) is 41.3 Å². The molecule has 0 aliphatic carbocycles. The van der Waals surface area contributed by atoms with Gasteiger partial charge >= 0.3 is 0 Å². The zero-order chi connectivity index (χ0) is 21.7. The lowest BCUT2D eigenvalue weighted by atomic mass is 10.1. The van der Waals surface area contributed by atoms with Crippen molar-refractivity contribution in [1.29, 1.82) is 0 Å². The van der Waals surface area contributed by atoms with Crippen LogP contribution in [0.25, 0.3) is 39.5 Å². The number of H-pyrrole nitrogens is 1. The smallest absolute Gasteiger partial charge is 0.290 e. The summed E-state index contributed by atoms with van der Waals surface area (Å²) >= 11 is 13.3. The summed E-state index contributed by atoms with van der Waals surface area (Å²) in [5.41, 5.74) is 4.03. The van der Waals surface area contributed by atoms with Gasteiger partial charge in [-0.1, -0.05) is 29.3 Å². The highest BCUT2D eigenvalue weighted by molar-refractivity contribution is 8.18. The Kier molecular flexibility index (Phi) is 5.02. The molecule has 0 spiro atoms. The number of halogens is 2. The Hall–Kier alpha value is -2.78. The van der Waals surface area contributed by atoms with Crippen LogP contribution in [0.1, 0.15) is 5.56 Å². The van der Waals surface area contributed by atoms with Crippen molar-refractivity contribution in [2.45, 2.75) is 6.73 Å². The second-order valence-corrected chi connectivity index (χ2v) is 8.75. The van der Waals surface area contributed by atoms with Crippen LogP contribution in [-0.4, -0.2) is 32.8 Å². The predicted molar refractivity (Wildman–Crippen MR) is 123 cm³/mol. The third-order valence-corrected chi connectivity index (χ3v) is 6.41. The number of rotatable bonds is 4. The number of aromatic nitrogens is 3. The van der Waals surface area contributed by atoms with Crippen LogP contribution < -0.4 is 5.32 Å². The van der Waals surface area contributed by atoms with Gasteiger partial charge in [0, 0.05) is 18.0 Å². The second-order valence-electron chi connectivity index (χ2n) is 6.92. The third kappa shape index (κ3) is 3.61. The Labute approximate surface area is 190 Å². The summed E-state index contributed by atoms with van der Waals surface area (Å²) < 4.78 is 7.28. The number of hydrogen-bond acceptors (Lipinski definition) is 5. The first-order valence-corrected chi connectivity index (χ1v) is 10.7. The van der Waals surface area contributed by atoms with Gasteiger partial charge in [-0.25, -0.2) is 4.98 Å². The van der Waals surface area contributed by atoms with Gasteiger partial charge in [-0.05, 0) is 53.7 Å². The predicted octanol–water partition coefficient (Wildman–Crippen LogP) is 5.42. The number of nitrogens with one attached hydrogen (secondary N) is 2. The Morgan fingerprint density at radius 2 is 1.97 bits per heavy atom. The van der Waals surface area contributed by atoms with E-state index in [1.54, 1.807) is 25.3 Å². The number of hydrogen-bond donors (Lipinski definition) is 2. The van der Waals surface area contributed by atoms with Crippen LogP contribution in [0.2, 0.25) is 10.0 Å². The fraction of sp³-hybridized carbons (Fsp3) is 0.0952. The number of nitrogens with zero attached hydrogens (tertiary/aromatic N) is 2. The average Bonchev–Trinajstić information content (AvgIpc) is 3.38. The van der Waals surface area contributed by atoms with E-state index in [4.69, 9.17) is 32.9 Å². The number of thioether (sulfide) groups is 1. The third-order valence-electron chi connectivity index (χ3n) is 4.87. The van der Waals surface area contributed by atoms with E-state index >= 15 is 0 Å². The highest BCUT2D eigenvalue weighted by Gasteiger charge is 2.25. The standard InChI is InChI=1S/C21H14Cl2N4O3S/c1-30-9-27-17-8-13(23)12(22)7-15(17)25-19(27)16-6-11-4-10(2-3-14(11)24-16)5-18-20(28)26-21(29)31-18/h2-8,24H,9H2,1H3,(H,26,28,29). The van der Waals surface area contributed by atoms with E-state index in [9.17, 15) is 9.59 Å². The number of carbonyl (C=O) groups excluding carboxylic acids is 2. The quantitative estimate of drug-likeness (QED) is 0.387. The van der Waals surface area contributed by atoms with Crippen LogP contribution in [0.3, 0.4) is 0 Å². The number of amides is 2. The number of ether oxygens (including phenoxy) is 1. The fourth-order valence-corrected chi connectivity index (χ4v) is 4.52. The molecule has 156 valence electrons. The van der Waals surface area contributed by atoms with Gasteiger partial charge in [-0.3, -0.25) is 19.5 Å². The summed E-state index contributed by atoms with van der Waals surface area (Å²) in [6, 6.07) is 11.2. The summed E-state index contributed by atoms with van der Waals surface area (Å²) in [7, 11) is 1.61. The number of benzene rings is 2. The average molecular weight is 473 g/mol. The molecule has 1 saturated heterocycles. The van der Waals surface area contributed by atoms with Gasteiger partial charge in [0.1, 0.15) is 6.73 Å². The SMILES string of the molecule is COCn1c(-c2cc3cc(C=C4SC(=O)NC4=O)ccc3[nH]2)nc2cc(Cl)c(Cl)cc21. The van der Waals surface area contributed by atoms with Crippen molar-refractivity contribution in [2.75, 3.05) is 7.11 Å². The van der Waals surface area contributed by atoms with Crippen LogP contribution in [0.4, 0.5) is 4.79 Å². The molecule has 0 radical (unpaired) electrons. The number of methoxy groups -OCH3 is 1. The molecule has 1 aliphatic rings. The highest BCUT2D eigenvalue weighted by atomic mass is 35.5. The molecule has 7 nitrogen and oxygen atoms in total. The van der Waals surface area contributed by atoms with Gasteiger partial charge in [-0.2, -0.15) is 0 Å². The lowest BCUT2D eigenvalue weighted by molar-refractivity contribution is -0.115. The van der Waals surface area contributed by atoms with Crippen molar-refractivity contribution < 1.29 is 14.3 Å². The Morgan fingerprint density at radius 3 is 2.71 bits per heavy atom. The lowest BCUT2D eigenvalue weighted by Gasteiger charge is -2.07. The molecule has 31 heavy (non-hydrogen) atoms. The molecule has 0 saturated carbocycles. The van der Waals surface area contributed by atoms with Crippen molar-refractivity contribution in [3.63, 3.8) is 0 Å². The minimum absolute atomic E-state index is 0.289. The molecule has 4 aromatic rings. The number of imidazole rings is 1. The Morgan fingerprint density at radius 1 is 1.16 bits per heavy atom. The topological polar surface area (TPSA) is 89.0 Å². The van der Waals surface area contributed by atoms with Gasteiger partial charge in [0.2, 0.25) is 0 Å². The van der Waals surface area contributed by atoms with Crippen LogP contribution in [-0.2, 0) is 16.3 Å². The molecule has 5 rings (SSSR count). The molecule has 2 N–H and O–H groups in total. The first-order chi connectivity index (χ1) is 14.9. The first-order valence-electron chi connectivity index (χ1n) is 9.15. The number of fused-ring (bicyclic) bond motifs is 2. The second kappa shape index (κ2) is 7.72. The lowest BCUT2D eigenvalue weighted by Crippen LogP contribution is -2.17. The molecular formula is C21H14Cl2N4O3S. The van der Waals surface area contributed by atoms with E-state index < -0.39 is 0 Å². The van der Waals surface area contributed by atoms with Crippen molar-refractivity contribution >= 4 is 74.1 Å². The van der Waals surface area contributed by atoms with E-state index in [1.165, 1.54) is 0 Å². The zero-order valence-corrected chi connectivity index (χ0v) is 18.4. The van der Waals surface area contributed by atoms with Crippen molar-refractivity contribution in [3.05, 3.63) is 56.9 Å². The van der Waals surface area contributed by atoms with E-state index in [2.05, 4.69) is 10.3 Å². The first kappa shape index (κ1) is 20.1. The molecule has 2 aromatic carbocycles. The highest BCUT2D eigenvalue weighted by Crippen LogP contribution is 2.33. The normalized spacial score (nSPS) is 15.5. The maximum absolute atomic E-state index is 11.8. The van der Waals surface area contributed by atoms with Crippen molar-refractivity contribution in [2.24, 2.45) is 0 Å². The van der Waals surface area contributed by atoms with Crippen molar-refractivity contribution in [3.8, 4) is 11.5 Å². The minimum Gasteiger partial charge on any atom is -0.364 e. The zero-order valence-electron chi connectivity index (χ0n) is 16.0. The summed E-state index contributed by atoms with van der Waals surface area (Å²) in [6.45, 7) is 0.289. The summed E-state index contributed by atoms with van der Waals surface area (Å²) in [6.07, 6.45) is 1.70. The van der Waals surface area contributed by atoms with Crippen molar-refractivity contribution in [1.82, 2.24) is 19.9 Å². The minimum atomic E-state index is -0.379. The molecule has 2 aromatic heterocycles. The maximum atomic E-state index is 11.8. The van der Waals surface area contributed by atoms with Gasteiger partial charge in [-0.15, -0.1) is 0 Å². The van der Waals surface area contributed by atoms with E-state index in [1.807, 2.05) is 28.8 Å². The summed E-state index contributed by atoms with van der Waals surface area (Å²) in [4.78, 5) is 31.7. The molecule has 10 heteroatoms. The number of carbonyl (C=O) groups is 2. The van der Waals surface area contributed by atoms with E-state index in [0.717, 1.165) is 39.4 Å². The largest absolute Gasteiger partial charge is 0.364 e. The Balaban J connectivity index is 1.60. The molecule has 0 unspecified atom stereocenters. The van der Waals surface area contributed by atoms with E-state index in [0.29, 0.717) is 26.3 Å². The maximum Gasteiger partial charge on any atom is 0.290 e. The molecule has 2 amide bonds. The van der Waals surface area contributed by atoms with Gasteiger partial charge < -0.3 is 9.72 Å². The van der Waals surface area contributed by atoms with Crippen LogP contribution in [0.5, 0.6) is 0 Å².